The van der Waals surface area contributed by atoms with Crippen LogP contribution in [0.2, 0.25) is 0 Å². The number of hydrogen-bond acceptors (Lipinski definition) is 12. The third-order valence-electron chi connectivity index (χ3n) is 3.93. The number of hydrogen-bond donors (Lipinski definition) is 4. The van der Waals surface area contributed by atoms with Crippen LogP contribution in [-0.2, 0) is 24.1 Å². The SMILES string of the molecule is COS(=O)(=O)[O-].O=C1O[C@H]([C@@H](O)CO)C(O)=C1O.[K+].c1ccc2nc3ccccc3nc2c1. The Morgan fingerprint density at radius 1 is 1.03 bits per heavy atom. The molecule has 3 aromatic rings. The fraction of sp³-hybridized carbons (Fsp3) is 0.211. The fourth-order valence-corrected chi connectivity index (χ4v) is 2.39. The van der Waals surface area contributed by atoms with Crippen LogP contribution in [0, 0.1) is 0 Å². The number of fused-ring (bicyclic) bond motifs is 2. The quantitative estimate of drug-likeness (QED) is 0.0956. The maximum absolute atomic E-state index is 10.5. The molecule has 4 rings (SSSR count). The van der Waals surface area contributed by atoms with Crippen molar-refractivity contribution in [3.8, 4) is 0 Å². The van der Waals surface area contributed by atoms with Crippen molar-refractivity contribution in [2.24, 2.45) is 0 Å². The van der Waals surface area contributed by atoms with E-state index in [0.717, 1.165) is 29.2 Å². The second-order valence-corrected chi connectivity index (χ2v) is 7.24. The molecule has 4 N–H and O–H groups in total. The number of aromatic nitrogens is 2. The molecule has 0 radical (unpaired) electrons. The van der Waals surface area contributed by atoms with Gasteiger partial charge < -0.3 is 29.7 Å². The standard InChI is InChI=1S/C12H8N2.C6H8O6.CH4O4S.K/c1-2-6-10-9(5-1)13-11-7-3-4-8-12(11)14-10;7-1-2(8)5-3(9)4(10)6(11)12-5;1-5-6(2,3)4;/h1-8H;2,5,7-10H,1H2;1H3,(H,2,3,4);/q;;;+1/p-1/t;2-,5+;;/m.0../s1. The third kappa shape index (κ3) is 8.53. The van der Waals surface area contributed by atoms with Crippen molar-refractivity contribution in [3.05, 3.63) is 60.0 Å². The van der Waals surface area contributed by atoms with Gasteiger partial charge in [-0.25, -0.2) is 23.2 Å². The number of esters is 1. The molecular formula is C19H19KN2O10S. The zero-order valence-electron chi connectivity index (χ0n) is 17.5. The van der Waals surface area contributed by atoms with Gasteiger partial charge in [-0.15, -0.1) is 0 Å². The van der Waals surface area contributed by atoms with Gasteiger partial charge in [0.05, 0.1) is 35.8 Å². The molecule has 172 valence electrons. The van der Waals surface area contributed by atoms with E-state index >= 15 is 0 Å². The molecule has 0 amide bonds. The maximum Gasteiger partial charge on any atom is 1.00 e. The summed E-state index contributed by atoms with van der Waals surface area (Å²) in [6, 6.07) is 15.8. The van der Waals surface area contributed by atoms with E-state index < -0.39 is 46.7 Å². The minimum absolute atomic E-state index is 0. The summed E-state index contributed by atoms with van der Waals surface area (Å²) in [7, 11) is -3.60. The Labute approximate surface area is 230 Å². The summed E-state index contributed by atoms with van der Waals surface area (Å²) in [6.07, 6.45) is -2.78. The summed E-state index contributed by atoms with van der Waals surface area (Å²) in [5.41, 5.74) is 3.80. The van der Waals surface area contributed by atoms with Gasteiger partial charge in [-0.3, -0.25) is 4.18 Å². The first-order valence-electron chi connectivity index (χ1n) is 8.82. The Morgan fingerprint density at radius 2 is 1.39 bits per heavy atom. The molecule has 0 bridgehead atoms. The van der Waals surface area contributed by atoms with Crippen molar-refractivity contribution < 1.29 is 98.5 Å². The molecule has 0 unspecified atom stereocenters. The predicted octanol–water partition coefficient (Wildman–Crippen LogP) is -2.53. The summed E-state index contributed by atoms with van der Waals surface area (Å²) < 4.78 is 35.3. The van der Waals surface area contributed by atoms with Gasteiger partial charge in [0, 0.05) is 0 Å². The van der Waals surface area contributed by atoms with E-state index in [9.17, 15) is 17.8 Å². The van der Waals surface area contributed by atoms with E-state index in [2.05, 4.69) is 18.9 Å². The van der Waals surface area contributed by atoms with E-state index in [1.54, 1.807) is 0 Å². The maximum atomic E-state index is 10.5. The van der Waals surface area contributed by atoms with Crippen LogP contribution in [0.4, 0.5) is 0 Å². The largest absolute Gasteiger partial charge is 1.00 e. The molecule has 1 aromatic heterocycles. The van der Waals surface area contributed by atoms with E-state index in [-0.39, 0.29) is 51.4 Å². The first-order chi connectivity index (χ1) is 15.1. The number of benzene rings is 2. The predicted molar refractivity (Wildman–Crippen MR) is 109 cm³/mol. The van der Waals surface area contributed by atoms with Crippen molar-refractivity contribution >= 4 is 38.4 Å². The summed E-state index contributed by atoms with van der Waals surface area (Å²) in [4.78, 5) is 19.6. The first-order valence-corrected chi connectivity index (χ1v) is 10.2. The van der Waals surface area contributed by atoms with Crippen LogP contribution in [0.25, 0.3) is 22.1 Å². The van der Waals surface area contributed by atoms with Crippen molar-refractivity contribution in [1.29, 1.82) is 0 Å². The fourth-order valence-electron chi connectivity index (χ4n) is 2.39. The minimum atomic E-state index is -4.41. The number of carbonyl (C=O) groups is 1. The molecule has 14 heteroatoms. The number of cyclic esters (lactones) is 1. The number of ether oxygens (including phenoxy) is 1. The number of nitrogens with zero attached hydrogens (tertiary/aromatic N) is 2. The average Bonchev–Trinajstić information content (AvgIpc) is 3.04. The van der Waals surface area contributed by atoms with Gasteiger partial charge in [-0.05, 0) is 24.3 Å². The molecule has 2 atom stereocenters. The van der Waals surface area contributed by atoms with E-state index in [4.69, 9.17) is 20.4 Å². The smallest absolute Gasteiger partial charge is 0.726 e. The molecule has 0 saturated carbocycles. The number of carbonyl (C=O) groups excluding carboxylic acids is 1. The number of aliphatic hydroxyl groups is 4. The number of para-hydroxylation sites is 4. The molecule has 1 aliphatic rings. The van der Waals surface area contributed by atoms with Crippen molar-refractivity contribution in [1.82, 2.24) is 9.97 Å². The Morgan fingerprint density at radius 3 is 1.64 bits per heavy atom. The zero-order valence-corrected chi connectivity index (χ0v) is 21.5. The van der Waals surface area contributed by atoms with Gasteiger partial charge in [0.2, 0.25) is 16.2 Å². The second kappa shape index (κ2) is 13.2. The monoisotopic (exact) mass is 506 g/mol. The Hall–Kier alpha value is -1.72. The Bertz CT molecular complexity index is 1130. The number of aliphatic hydroxyl groups excluding tert-OH is 4. The molecule has 0 fully saturated rings. The molecule has 1 aliphatic heterocycles. The summed E-state index contributed by atoms with van der Waals surface area (Å²) in [6.45, 7) is -0.671. The van der Waals surface area contributed by atoms with Crippen molar-refractivity contribution in [2.75, 3.05) is 13.7 Å². The molecule has 0 saturated heterocycles. The topological polar surface area (TPSA) is 199 Å². The van der Waals surface area contributed by atoms with E-state index in [0.29, 0.717) is 0 Å². The third-order valence-corrected chi connectivity index (χ3v) is 4.33. The van der Waals surface area contributed by atoms with Gasteiger partial charge in [0.25, 0.3) is 0 Å². The van der Waals surface area contributed by atoms with Crippen LogP contribution in [0.3, 0.4) is 0 Å². The van der Waals surface area contributed by atoms with Crippen LogP contribution < -0.4 is 51.4 Å². The number of rotatable bonds is 3. The van der Waals surface area contributed by atoms with Crippen LogP contribution >= 0.6 is 0 Å². The van der Waals surface area contributed by atoms with E-state index in [1.165, 1.54) is 0 Å². The second-order valence-electron chi connectivity index (χ2n) is 6.09. The van der Waals surface area contributed by atoms with Gasteiger partial charge in [0.1, 0.15) is 6.10 Å². The van der Waals surface area contributed by atoms with Gasteiger partial charge in [-0.2, -0.15) is 0 Å². The Kier molecular flexibility index (Phi) is 11.8. The molecular weight excluding hydrogens is 487 g/mol. The van der Waals surface area contributed by atoms with Crippen molar-refractivity contribution in [3.63, 3.8) is 0 Å². The summed E-state index contributed by atoms with van der Waals surface area (Å²) in [5, 5.41) is 35.0. The summed E-state index contributed by atoms with van der Waals surface area (Å²) >= 11 is 0. The molecule has 0 aliphatic carbocycles. The molecule has 33 heavy (non-hydrogen) atoms. The average molecular weight is 507 g/mol. The molecule has 12 nitrogen and oxygen atoms in total. The van der Waals surface area contributed by atoms with Crippen LogP contribution in [0.5, 0.6) is 0 Å². The molecule has 2 aromatic carbocycles. The van der Waals surface area contributed by atoms with E-state index in [1.807, 2.05) is 48.5 Å². The van der Waals surface area contributed by atoms with Gasteiger partial charge in [-0.1, -0.05) is 24.3 Å². The molecule has 0 spiro atoms. The van der Waals surface area contributed by atoms with Crippen LogP contribution in [-0.4, -0.2) is 75.3 Å². The van der Waals surface area contributed by atoms with Gasteiger partial charge in [0.15, 0.2) is 11.9 Å². The molecule has 2 heterocycles. The summed E-state index contributed by atoms with van der Waals surface area (Å²) in [5.74, 6) is -2.78. The Balaban J connectivity index is 0.000000264. The van der Waals surface area contributed by atoms with Crippen molar-refractivity contribution in [2.45, 2.75) is 12.2 Å². The normalized spacial score (nSPS) is 16.1. The first kappa shape index (κ1) is 29.3. The zero-order chi connectivity index (χ0) is 23.9. The van der Waals surface area contributed by atoms with Crippen LogP contribution in [0.15, 0.2) is 60.0 Å². The minimum Gasteiger partial charge on any atom is -0.726 e. The van der Waals surface area contributed by atoms with Crippen LogP contribution in [0.1, 0.15) is 0 Å². The van der Waals surface area contributed by atoms with Gasteiger partial charge >= 0.3 is 57.4 Å².